The molecule has 2 rings (SSSR count). The number of hydrogen-bond acceptors (Lipinski definition) is 4. The van der Waals surface area contributed by atoms with Crippen molar-refractivity contribution in [2.24, 2.45) is 0 Å². The SMILES string of the molecule is CCCC[C@H](NC(=O)C(C)N1C(=O)c2ccc(C)cc2C1=O)C(=O)O. The van der Waals surface area contributed by atoms with Crippen molar-refractivity contribution in [2.75, 3.05) is 0 Å². The third-order valence-electron chi connectivity index (χ3n) is 4.30. The highest BCUT2D eigenvalue weighted by atomic mass is 16.4. The van der Waals surface area contributed by atoms with Gasteiger partial charge in [-0.3, -0.25) is 19.3 Å². The second kappa shape index (κ2) is 7.46. The van der Waals surface area contributed by atoms with Gasteiger partial charge in [0.1, 0.15) is 12.1 Å². The van der Waals surface area contributed by atoms with Gasteiger partial charge >= 0.3 is 5.97 Å². The van der Waals surface area contributed by atoms with Crippen LogP contribution in [-0.4, -0.2) is 45.8 Å². The summed E-state index contributed by atoms with van der Waals surface area (Å²) in [6.45, 7) is 5.15. The highest BCUT2D eigenvalue weighted by Gasteiger charge is 2.41. The number of rotatable bonds is 7. The Bertz CT molecular complexity index is 728. The lowest BCUT2D eigenvalue weighted by molar-refractivity contribution is -0.142. The van der Waals surface area contributed by atoms with Crippen LogP contribution in [-0.2, 0) is 9.59 Å². The number of nitrogens with zero attached hydrogens (tertiary/aromatic N) is 1. The van der Waals surface area contributed by atoms with E-state index in [1.165, 1.54) is 6.92 Å². The predicted molar refractivity (Wildman–Crippen MR) is 90.2 cm³/mol. The van der Waals surface area contributed by atoms with Crippen LogP contribution in [0.4, 0.5) is 0 Å². The van der Waals surface area contributed by atoms with E-state index in [2.05, 4.69) is 5.32 Å². The van der Waals surface area contributed by atoms with Crippen LogP contribution in [0.15, 0.2) is 18.2 Å². The Hall–Kier alpha value is -2.70. The molecule has 25 heavy (non-hydrogen) atoms. The maximum atomic E-state index is 12.5. The van der Waals surface area contributed by atoms with Gasteiger partial charge in [0, 0.05) is 0 Å². The van der Waals surface area contributed by atoms with Gasteiger partial charge in [0.05, 0.1) is 11.1 Å². The van der Waals surface area contributed by atoms with Gasteiger partial charge in [-0.05, 0) is 32.4 Å². The molecule has 1 aliphatic heterocycles. The lowest BCUT2D eigenvalue weighted by atomic mass is 10.1. The first kappa shape index (κ1) is 18.6. The molecule has 1 unspecified atom stereocenters. The number of unbranched alkanes of at least 4 members (excludes halogenated alkanes) is 1. The molecule has 0 fully saturated rings. The van der Waals surface area contributed by atoms with Crippen molar-refractivity contribution in [3.05, 3.63) is 34.9 Å². The van der Waals surface area contributed by atoms with Crippen molar-refractivity contribution in [1.29, 1.82) is 0 Å². The number of fused-ring (bicyclic) bond motifs is 1. The zero-order chi connectivity index (χ0) is 18.7. The minimum atomic E-state index is -1.13. The van der Waals surface area contributed by atoms with Gasteiger partial charge in [-0.25, -0.2) is 4.79 Å². The highest BCUT2D eigenvalue weighted by Crippen LogP contribution is 2.25. The third-order valence-corrected chi connectivity index (χ3v) is 4.30. The van der Waals surface area contributed by atoms with Crippen LogP contribution >= 0.6 is 0 Å². The average molecular weight is 346 g/mol. The molecule has 1 aromatic carbocycles. The van der Waals surface area contributed by atoms with Gasteiger partial charge in [-0.15, -0.1) is 0 Å². The molecule has 0 saturated heterocycles. The lowest BCUT2D eigenvalue weighted by Crippen LogP contribution is -2.52. The van der Waals surface area contributed by atoms with Gasteiger partial charge in [-0.1, -0.05) is 31.4 Å². The summed E-state index contributed by atoms with van der Waals surface area (Å²) in [7, 11) is 0. The molecular formula is C18H22N2O5. The molecule has 7 nitrogen and oxygen atoms in total. The molecular weight excluding hydrogens is 324 g/mol. The molecule has 0 bridgehead atoms. The third kappa shape index (κ3) is 3.70. The fraction of sp³-hybridized carbons (Fsp3) is 0.444. The van der Waals surface area contributed by atoms with Crippen LogP contribution < -0.4 is 5.32 Å². The van der Waals surface area contributed by atoms with Crippen molar-refractivity contribution in [1.82, 2.24) is 10.2 Å². The molecule has 2 atom stereocenters. The van der Waals surface area contributed by atoms with E-state index in [1.54, 1.807) is 18.2 Å². The number of aliphatic carboxylic acids is 1. The number of imide groups is 1. The van der Waals surface area contributed by atoms with Gasteiger partial charge in [0.25, 0.3) is 11.8 Å². The van der Waals surface area contributed by atoms with E-state index < -0.39 is 35.8 Å². The van der Waals surface area contributed by atoms with Gasteiger partial charge < -0.3 is 10.4 Å². The first-order chi connectivity index (χ1) is 11.8. The van der Waals surface area contributed by atoms with E-state index in [9.17, 15) is 24.3 Å². The van der Waals surface area contributed by atoms with Crippen molar-refractivity contribution in [3.63, 3.8) is 0 Å². The molecule has 1 aromatic rings. The maximum Gasteiger partial charge on any atom is 0.326 e. The Balaban J connectivity index is 2.16. The summed E-state index contributed by atoms with van der Waals surface area (Å²) < 4.78 is 0. The van der Waals surface area contributed by atoms with Crippen molar-refractivity contribution < 1.29 is 24.3 Å². The van der Waals surface area contributed by atoms with Crippen molar-refractivity contribution >= 4 is 23.7 Å². The normalized spacial score (nSPS) is 15.7. The second-order valence-corrected chi connectivity index (χ2v) is 6.25. The number of benzene rings is 1. The smallest absolute Gasteiger partial charge is 0.326 e. The molecule has 2 N–H and O–H groups in total. The quantitative estimate of drug-likeness (QED) is 0.732. The Morgan fingerprint density at radius 1 is 1.20 bits per heavy atom. The van der Waals surface area contributed by atoms with Gasteiger partial charge in [-0.2, -0.15) is 0 Å². The second-order valence-electron chi connectivity index (χ2n) is 6.25. The summed E-state index contributed by atoms with van der Waals surface area (Å²) >= 11 is 0. The largest absolute Gasteiger partial charge is 0.480 e. The van der Waals surface area contributed by atoms with Crippen LogP contribution in [0, 0.1) is 6.92 Å². The fourth-order valence-electron chi connectivity index (χ4n) is 2.80. The van der Waals surface area contributed by atoms with E-state index >= 15 is 0 Å². The maximum absolute atomic E-state index is 12.5. The topological polar surface area (TPSA) is 104 Å². The van der Waals surface area contributed by atoms with Crippen molar-refractivity contribution in [2.45, 2.75) is 52.1 Å². The molecule has 1 heterocycles. The van der Waals surface area contributed by atoms with E-state index in [0.29, 0.717) is 12.8 Å². The van der Waals surface area contributed by atoms with E-state index in [-0.39, 0.29) is 11.1 Å². The number of carbonyl (C=O) groups excluding carboxylic acids is 3. The fourth-order valence-corrected chi connectivity index (χ4v) is 2.80. The number of nitrogens with one attached hydrogen (secondary N) is 1. The Kier molecular flexibility index (Phi) is 5.56. The number of carbonyl (C=O) groups is 4. The predicted octanol–water partition coefficient (Wildman–Crippen LogP) is 1.74. The molecule has 0 radical (unpaired) electrons. The summed E-state index contributed by atoms with van der Waals surface area (Å²) in [5.41, 5.74) is 1.37. The Morgan fingerprint density at radius 3 is 2.44 bits per heavy atom. The van der Waals surface area contributed by atoms with E-state index in [1.807, 2.05) is 13.8 Å². The average Bonchev–Trinajstić information content (AvgIpc) is 2.81. The number of hydrogen-bond donors (Lipinski definition) is 2. The number of carboxylic acid groups (broad SMARTS) is 1. The summed E-state index contributed by atoms with van der Waals surface area (Å²) in [4.78, 5) is 49.5. The molecule has 0 spiro atoms. The lowest BCUT2D eigenvalue weighted by Gasteiger charge is -2.23. The standard InChI is InChI=1S/C18H22N2O5/c1-4-5-6-14(18(24)25)19-15(21)11(3)20-16(22)12-8-7-10(2)9-13(12)17(20)23/h7-9,11,14H,4-6H2,1-3H3,(H,19,21)(H,24,25)/t11?,14-/m0/s1. The van der Waals surface area contributed by atoms with Crippen molar-refractivity contribution in [3.8, 4) is 0 Å². The van der Waals surface area contributed by atoms with Gasteiger partial charge in [0.15, 0.2) is 0 Å². The number of amides is 3. The summed E-state index contributed by atoms with van der Waals surface area (Å²) in [6.07, 6.45) is 1.75. The molecule has 0 aliphatic carbocycles. The highest BCUT2D eigenvalue weighted by molar-refractivity contribution is 6.22. The van der Waals surface area contributed by atoms with E-state index in [4.69, 9.17) is 0 Å². The van der Waals surface area contributed by atoms with Crippen LogP contribution in [0.1, 0.15) is 59.4 Å². The summed E-state index contributed by atoms with van der Waals surface area (Å²) in [5.74, 6) is -2.86. The number of aryl methyl sites for hydroxylation is 1. The van der Waals surface area contributed by atoms with Crippen LogP contribution in [0.25, 0.3) is 0 Å². The Labute approximate surface area is 146 Å². The molecule has 0 saturated carbocycles. The van der Waals surface area contributed by atoms with Gasteiger partial charge in [0.2, 0.25) is 5.91 Å². The minimum Gasteiger partial charge on any atom is -0.480 e. The van der Waals surface area contributed by atoms with E-state index in [0.717, 1.165) is 16.9 Å². The first-order valence-electron chi connectivity index (χ1n) is 8.29. The Morgan fingerprint density at radius 2 is 1.84 bits per heavy atom. The minimum absolute atomic E-state index is 0.260. The van der Waals surface area contributed by atoms with Crippen LogP contribution in [0.2, 0.25) is 0 Å². The molecule has 134 valence electrons. The summed E-state index contributed by atoms with van der Waals surface area (Å²) in [6, 6.07) is 2.78. The van der Waals surface area contributed by atoms with Crippen LogP contribution in [0.3, 0.4) is 0 Å². The molecule has 7 heteroatoms. The molecule has 3 amide bonds. The summed E-state index contributed by atoms with van der Waals surface area (Å²) in [5, 5.41) is 11.6. The number of carboxylic acids is 1. The molecule has 0 aromatic heterocycles. The zero-order valence-electron chi connectivity index (χ0n) is 14.5. The van der Waals surface area contributed by atoms with Crippen LogP contribution in [0.5, 0.6) is 0 Å². The monoisotopic (exact) mass is 346 g/mol. The zero-order valence-corrected chi connectivity index (χ0v) is 14.5. The molecule has 1 aliphatic rings. The first-order valence-corrected chi connectivity index (χ1v) is 8.29.